The van der Waals surface area contributed by atoms with Gasteiger partial charge in [0.05, 0.1) is 23.1 Å². The molecule has 38 heavy (non-hydrogen) atoms. The Morgan fingerprint density at radius 3 is 2.79 bits per heavy atom. The van der Waals surface area contributed by atoms with Gasteiger partial charge in [0.15, 0.2) is 0 Å². The molecule has 0 aliphatic carbocycles. The molecule has 0 saturated carbocycles. The van der Waals surface area contributed by atoms with Gasteiger partial charge in [-0.3, -0.25) is 15.0 Å². The van der Waals surface area contributed by atoms with Crippen LogP contribution in [0.3, 0.4) is 0 Å². The smallest absolute Gasteiger partial charge is 0.249 e. The summed E-state index contributed by atoms with van der Waals surface area (Å²) in [7, 11) is 1.54. The van der Waals surface area contributed by atoms with E-state index in [1.54, 1.807) is 43.1 Å². The first-order chi connectivity index (χ1) is 18.3. The highest BCUT2D eigenvalue weighted by Crippen LogP contribution is 2.42. The van der Waals surface area contributed by atoms with E-state index in [4.69, 9.17) is 16.3 Å². The lowest BCUT2D eigenvalue weighted by molar-refractivity contribution is -0.143. The summed E-state index contributed by atoms with van der Waals surface area (Å²) >= 11 is 7.99. The molecule has 10 heteroatoms. The molecule has 0 unspecified atom stereocenters. The Kier molecular flexibility index (Phi) is 9.81. The maximum atomic E-state index is 15.7. The molecule has 6 nitrogen and oxygen atoms in total. The standard InChI is InChI=1S/C28H32ClF2N3O3S/c1-37-20-6-7-25-22(17-20)26(23(29)18-32-25)24(31)8-9-28(27(35)33-36)10-13-34(14-11-28)12-3-15-38-21-5-2-4-19(30)16-21/h2,4-7,16-18,24,36H,3,8-15H2,1H3,(H,33,35)/t24-/m1/s1. The highest BCUT2D eigenvalue weighted by Gasteiger charge is 2.41. The highest BCUT2D eigenvalue weighted by atomic mass is 35.5. The summed E-state index contributed by atoms with van der Waals surface area (Å²) in [5.41, 5.74) is 1.90. The van der Waals surface area contributed by atoms with Gasteiger partial charge in [-0.2, -0.15) is 0 Å². The first-order valence-electron chi connectivity index (χ1n) is 12.7. The van der Waals surface area contributed by atoms with Gasteiger partial charge in [-0.25, -0.2) is 14.3 Å². The van der Waals surface area contributed by atoms with E-state index in [-0.39, 0.29) is 23.7 Å². The minimum atomic E-state index is -1.42. The largest absolute Gasteiger partial charge is 0.497 e. The Morgan fingerprint density at radius 2 is 2.08 bits per heavy atom. The quantitative estimate of drug-likeness (QED) is 0.119. The van der Waals surface area contributed by atoms with E-state index in [1.165, 1.54) is 18.3 Å². The fourth-order valence-electron chi connectivity index (χ4n) is 5.11. The molecular formula is C28H32ClF2N3O3S. The van der Waals surface area contributed by atoms with Gasteiger partial charge in [-0.05, 0) is 93.9 Å². The second-order valence-electron chi connectivity index (χ2n) is 9.63. The number of methoxy groups -OCH3 is 1. The van der Waals surface area contributed by atoms with Crippen molar-refractivity contribution in [3.05, 3.63) is 65.1 Å². The van der Waals surface area contributed by atoms with E-state index in [1.807, 2.05) is 11.5 Å². The molecule has 2 heterocycles. The summed E-state index contributed by atoms with van der Waals surface area (Å²) in [4.78, 5) is 20.2. The molecule has 1 aromatic heterocycles. The third kappa shape index (κ3) is 6.75. The Hall–Kier alpha value is -2.46. The van der Waals surface area contributed by atoms with Gasteiger partial charge >= 0.3 is 0 Å². The number of alkyl halides is 1. The van der Waals surface area contributed by atoms with Gasteiger partial charge in [-0.15, -0.1) is 11.8 Å². The monoisotopic (exact) mass is 563 g/mol. The molecule has 2 aromatic carbocycles. The maximum Gasteiger partial charge on any atom is 0.249 e. The zero-order valence-corrected chi connectivity index (χ0v) is 22.8. The van der Waals surface area contributed by atoms with Crippen molar-refractivity contribution in [2.45, 2.75) is 43.2 Å². The van der Waals surface area contributed by atoms with Crippen molar-refractivity contribution in [1.82, 2.24) is 15.4 Å². The number of rotatable bonds is 11. The third-order valence-electron chi connectivity index (χ3n) is 7.34. The Labute approximate surface area is 230 Å². The second-order valence-corrected chi connectivity index (χ2v) is 11.2. The normalized spacial score (nSPS) is 16.3. The van der Waals surface area contributed by atoms with Gasteiger partial charge < -0.3 is 9.64 Å². The van der Waals surface area contributed by atoms with Crippen molar-refractivity contribution in [2.75, 3.05) is 32.5 Å². The number of aromatic nitrogens is 1. The predicted molar refractivity (Wildman–Crippen MR) is 146 cm³/mol. The summed E-state index contributed by atoms with van der Waals surface area (Å²) in [5, 5.41) is 10.3. The number of thioether (sulfide) groups is 1. The number of nitrogens with one attached hydrogen (secondary N) is 1. The topological polar surface area (TPSA) is 74.7 Å². The number of amides is 1. The Bertz CT molecular complexity index is 1260. The SMILES string of the molecule is COc1ccc2ncc(Cl)c([C@H](F)CCC3(C(=O)NO)CCN(CCCSc4cccc(F)c4)CC3)c2c1. The van der Waals surface area contributed by atoms with Crippen LogP contribution in [-0.2, 0) is 4.79 Å². The minimum absolute atomic E-state index is 0.0771. The first-order valence-corrected chi connectivity index (χ1v) is 14.0. The lowest BCUT2D eigenvalue weighted by atomic mass is 9.73. The van der Waals surface area contributed by atoms with E-state index >= 15 is 4.39 Å². The average Bonchev–Trinajstić information content (AvgIpc) is 2.94. The summed E-state index contributed by atoms with van der Waals surface area (Å²) in [5.74, 6) is 0.724. The number of nitrogens with zero attached hydrogens (tertiary/aromatic N) is 2. The molecule has 1 aliphatic rings. The molecule has 1 amide bonds. The average molecular weight is 564 g/mol. The van der Waals surface area contributed by atoms with Crippen LogP contribution in [-0.4, -0.2) is 53.5 Å². The van der Waals surface area contributed by atoms with Crippen molar-refractivity contribution >= 4 is 40.2 Å². The van der Waals surface area contributed by atoms with Crippen molar-refractivity contribution in [3.63, 3.8) is 0 Å². The first kappa shape index (κ1) is 28.5. The van der Waals surface area contributed by atoms with E-state index in [2.05, 4.69) is 9.88 Å². The molecule has 1 saturated heterocycles. The zero-order chi connectivity index (χ0) is 27.1. The molecule has 204 valence electrons. The number of pyridine rings is 1. The maximum absolute atomic E-state index is 15.7. The van der Waals surface area contributed by atoms with Gasteiger partial charge in [-0.1, -0.05) is 17.7 Å². The lowest BCUT2D eigenvalue weighted by Crippen LogP contribution is -2.48. The number of hydrogen-bond donors (Lipinski definition) is 2. The highest BCUT2D eigenvalue weighted by molar-refractivity contribution is 7.99. The van der Waals surface area contributed by atoms with Crippen molar-refractivity contribution in [2.24, 2.45) is 5.41 Å². The van der Waals surface area contributed by atoms with Crippen LogP contribution in [0.4, 0.5) is 8.78 Å². The number of hydroxylamine groups is 1. The number of likely N-dealkylation sites (tertiary alicyclic amines) is 1. The van der Waals surface area contributed by atoms with Crippen molar-refractivity contribution in [1.29, 1.82) is 0 Å². The molecule has 0 spiro atoms. The molecule has 2 N–H and O–H groups in total. The fraction of sp³-hybridized carbons (Fsp3) is 0.429. The van der Waals surface area contributed by atoms with E-state index in [0.29, 0.717) is 48.1 Å². The summed E-state index contributed by atoms with van der Waals surface area (Å²) in [6.07, 6.45) is 2.33. The van der Waals surface area contributed by atoms with Crippen LogP contribution in [0.1, 0.15) is 43.8 Å². The van der Waals surface area contributed by atoms with Crippen LogP contribution in [0.5, 0.6) is 5.75 Å². The van der Waals surface area contributed by atoms with Crippen LogP contribution in [0.2, 0.25) is 5.02 Å². The van der Waals surface area contributed by atoms with Crippen molar-refractivity contribution in [3.8, 4) is 5.75 Å². The second kappa shape index (κ2) is 13.1. The molecule has 4 rings (SSSR count). The number of piperidine rings is 1. The van der Waals surface area contributed by atoms with Crippen LogP contribution >= 0.6 is 23.4 Å². The van der Waals surface area contributed by atoms with Crippen LogP contribution in [0.25, 0.3) is 10.9 Å². The molecule has 3 aromatic rings. The zero-order valence-electron chi connectivity index (χ0n) is 21.3. The minimum Gasteiger partial charge on any atom is -0.497 e. The molecule has 1 aliphatic heterocycles. The number of fused-ring (bicyclic) bond motifs is 1. The van der Waals surface area contributed by atoms with Gasteiger partial charge in [0.25, 0.3) is 0 Å². The number of ether oxygens (including phenoxy) is 1. The third-order valence-corrected chi connectivity index (χ3v) is 8.72. The lowest BCUT2D eigenvalue weighted by Gasteiger charge is -2.40. The van der Waals surface area contributed by atoms with Gasteiger partial charge in [0.2, 0.25) is 5.91 Å². The number of carbonyl (C=O) groups is 1. The summed E-state index contributed by atoms with van der Waals surface area (Å²) in [6.45, 7) is 2.20. The van der Waals surface area contributed by atoms with E-state index in [0.717, 1.165) is 23.6 Å². The molecule has 0 radical (unpaired) electrons. The molecular weight excluding hydrogens is 532 g/mol. The summed E-state index contributed by atoms with van der Waals surface area (Å²) < 4.78 is 34.4. The number of halogens is 3. The van der Waals surface area contributed by atoms with E-state index in [9.17, 15) is 14.4 Å². The summed E-state index contributed by atoms with van der Waals surface area (Å²) in [6, 6.07) is 11.8. The van der Waals surface area contributed by atoms with E-state index < -0.39 is 17.5 Å². The van der Waals surface area contributed by atoms with Crippen molar-refractivity contribution < 1.29 is 23.5 Å². The van der Waals surface area contributed by atoms with Gasteiger partial charge in [0.1, 0.15) is 17.7 Å². The molecule has 1 fully saturated rings. The predicted octanol–water partition coefficient (Wildman–Crippen LogP) is 6.60. The number of hydrogen-bond acceptors (Lipinski definition) is 6. The number of carbonyl (C=O) groups excluding carboxylic acids is 1. The van der Waals surface area contributed by atoms with Crippen LogP contribution in [0.15, 0.2) is 53.6 Å². The molecule has 1 atom stereocenters. The fourth-order valence-corrected chi connectivity index (χ4v) is 6.26. The van der Waals surface area contributed by atoms with Crippen LogP contribution in [0, 0.1) is 11.2 Å². The number of benzene rings is 2. The van der Waals surface area contributed by atoms with Crippen LogP contribution < -0.4 is 10.2 Å². The Morgan fingerprint density at radius 1 is 1.29 bits per heavy atom. The molecule has 0 bridgehead atoms. The van der Waals surface area contributed by atoms with Gasteiger partial charge in [0, 0.05) is 22.0 Å². The Balaban J connectivity index is 1.35.